The van der Waals surface area contributed by atoms with Crippen molar-refractivity contribution in [1.82, 2.24) is 4.90 Å². The lowest BCUT2D eigenvalue weighted by Gasteiger charge is -2.41. The molecule has 1 unspecified atom stereocenters. The summed E-state index contributed by atoms with van der Waals surface area (Å²) in [6.45, 7) is 3.46. The van der Waals surface area contributed by atoms with Crippen LogP contribution in [0.15, 0.2) is 0 Å². The van der Waals surface area contributed by atoms with Gasteiger partial charge in [-0.05, 0) is 31.9 Å². The van der Waals surface area contributed by atoms with E-state index < -0.39 is 32.0 Å². The van der Waals surface area contributed by atoms with Crippen molar-refractivity contribution in [2.75, 3.05) is 20.2 Å². The molecule has 1 aliphatic heterocycles. The van der Waals surface area contributed by atoms with Crippen molar-refractivity contribution in [2.24, 2.45) is 5.92 Å². The zero-order valence-electron chi connectivity index (χ0n) is 11.3. The van der Waals surface area contributed by atoms with Gasteiger partial charge < -0.3 is 14.4 Å². The predicted molar refractivity (Wildman–Crippen MR) is 66.6 cm³/mol. The van der Waals surface area contributed by atoms with Crippen LogP contribution in [0.3, 0.4) is 0 Å². The molecule has 4 nitrogen and oxygen atoms in total. The minimum absolute atomic E-state index is 0.167. The second-order valence-electron chi connectivity index (χ2n) is 5.43. The molecular weight excluding hydrogens is 279 g/mol. The van der Waals surface area contributed by atoms with Crippen molar-refractivity contribution in [3.63, 3.8) is 0 Å². The Kier molecular flexibility index (Phi) is 4.89. The van der Waals surface area contributed by atoms with Gasteiger partial charge in [-0.2, -0.15) is 13.2 Å². The maximum Gasteiger partial charge on any atom is 0.407 e. The predicted octanol–water partition coefficient (Wildman–Crippen LogP) is 3.16. The Hall–Kier alpha value is -0.763. The molecule has 0 bridgehead atoms. The summed E-state index contributed by atoms with van der Waals surface area (Å²) in [5.41, 5.74) is -1.44. The van der Waals surface area contributed by atoms with Gasteiger partial charge in [0.05, 0.1) is 5.54 Å². The van der Waals surface area contributed by atoms with Gasteiger partial charge in [-0.3, -0.25) is 0 Å². The van der Waals surface area contributed by atoms with Crippen LogP contribution in [0.1, 0.15) is 12.8 Å². The third-order valence-corrected chi connectivity index (χ3v) is 7.26. The highest BCUT2D eigenvalue weighted by Gasteiger charge is 2.55. The molecule has 1 rings (SSSR count). The minimum atomic E-state index is -4.29. The van der Waals surface area contributed by atoms with Crippen LogP contribution >= 0.6 is 0 Å². The van der Waals surface area contributed by atoms with E-state index in [0.29, 0.717) is 0 Å². The number of amides is 1. The van der Waals surface area contributed by atoms with Gasteiger partial charge >= 0.3 is 12.3 Å². The molecule has 1 fully saturated rings. The first-order chi connectivity index (χ1) is 8.59. The molecule has 1 amide bonds. The molecule has 8 heteroatoms. The standard InChI is InChI=1S/C11H20F3NO3Si/c1-18-19(2,3)9(11(12,13)14)8-4-6-15(7-5-8)10(16)17/h8-9H,4-7H2,1-3H3,(H,16,17). The molecule has 112 valence electrons. The molecular formula is C11H20F3NO3Si. The third-order valence-electron chi connectivity index (χ3n) is 3.91. The summed E-state index contributed by atoms with van der Waals surface area (Å²) in [5.74, 6) is -0.544. The first-order valence-corrected chi connectivity index (χ1v) is 9.18. The normalized spacial score (nSPS) is 20.4. The van der Waals surface area contributed by atoms with Crippen LogP contribution in [0, 0.1) is 5.92 Å². The smallest absolute Gasteiger partial charge is 0.407 e. The highest BCUT2D eigenvalue weighted by atomic mass is 28.4. The van der Waals surface area contributed by atoms with Crippen molar-refractivity contribution in [2.45, 2.75) is 37.7 Å². The zero-order chi connectivity index (χ0) is 14.8. The number of nitrogens with zero attached hydrogens (tertiary/aromatic N) is 1. The van der Waals surface area contributed by atoms with Crippen LogP contribution in [0.4, 0.5) is 18.0 Å². The van der Waals surface area contributed by atoms with Crippen molar-refractivity contribution >= 4 is 14.4 Å². The summed E-state index contributed by atoms with van der Waals surface area (Å²) in [6.07, 6.45) is -4.86. The summed E-state index contributed by atoms with van der Waals surface area (Å²) in [6, 6.07) is 0. The lowest BCUT2D eigenvalue weighted by molar-refractivity contribution is -0.151. The number of rotatable bonds is 3. The summed E-state index contributed by atoms with van der Waals surface area (Å²) in [4.78, 5) is 11.9. The zero-order valence-corrected chi connectivity index (χ0v) is 12.3. The molecule has 19 heavy (non-hydrogen) atoms. The van der Waals surface area contributed by atoms with Gasteiger partial charge in [0.15, 0.2) is 8.32 Å². The number of piperidine rings is 1. The molecule has 0 aromatic heterocycles. The van der Waals surface area contributed by atoms with E-state index in [0.717, 1.165) is 0 Å². The maximum atomic E-state index is 13.3. The molecule has 0 spiro atoms. The Bertz CT molecular complexity index is 328. The maximum absolute atomic E-state index is 13.3. The van der Waals surface area contributed by atoms with Crippen LogP contribution in [-0.4, -0.2) is 50.8 Å². The monoisotopic (exact) mass is 299 g/mol. The van der Waals surface area contributed by atoms with Gasteiger partial charge in [-0.1, -0.05) is 0 Å². The lowest BCUT2D eigenvalue weighted by atomic mass is 9.93. The Labute approximate surface area is 111 Å². The van der Waals surface area contributed by atoms with E-state index in [1.807, 2.05) is 0 Å². The van der Waals surface area contributed by atoms with Gasteiger partial charge in [-0.25, -0.2) is 4.79 Å². The molecule has 1 aliphatic rings. The second-order valence-corrected chi connectivity index (χ2v) is 9.67. The highest BCUT2D eigenvalue weighted by molar-refractivity contribution is 6.72. The Morgan fingerprint density at radius 2 is 1.84 bits per heavy atom. The van der Waals surface area contributed by atoms with Crippen molar-refractivity contribution < 1.29 is 27.5 Å². The van der Waals surface area contributed by atoms with E-state index in [-0.39, 0.29) is 25.9 Å². The van der Waals surface area contributed by atoms with Crippen LogP contribution in [0.25, 0.3) is 0 Å². The number of hydrogen-bond acceptors (Lipinski definition) is 2. The molecule has 0 radical (unpaired) electrons. The van der Waals surface area contributed by atoms with Crippen LogP contribution < -0.4 is 0 Å². The summed E-state index contributed by atoms with van der Waals surface area (Å²) in [7, 11) is -1.54. The van der Waals surface area contributed by atoms with Gasteiger partial charge in [0.1, 0.15) is 0 Å². The number of alkyl halides is 3. The van der Waals surface area contributed by atoms with Gasteiger partial charge in [0, 0.05) is 20.2 Å². The quantitative estimate of drug-likeness (QED) is 0.814. The average Bonchev–Trinajstić information content (AvgIpc) is 2.27. The van der Waals surface area contributed by atoms with Gasteiger partial charge in [0.2, 0.25) is 0 Å². The second kappa shape index (κ2) is 5.70. The molecule has 0 aliphatic carbocycles. The Morgan fingerprint density at radius 1 is 1.37 bits per heavy atom. The van der Waals surface area contributed by atoms with Gasteiger partial charge in [0.25, 0.3) is 0 Å². The average molecular weight is 299 g/mol. The van der Waals surface area contributed by atoms with Crippen LogP contribution in [-0.2, 0) is 4.43 Å². The Balaban J connectivity index is 2.82. The van der Waals surface area contributed by atoms with E-state index >= 15 is 0 Å². The summed E-state index contributed by atoms with van der Waals surface area (Å²) in [5, 5.41) is 8.82. The molecule has 0 aromatic rings. The fourth-order valence-corrected chi connectivity index (χ4v) is 5.29. The molecule has 1 N–H and O–H groups in total. The van der Waals surface area contributed by atoms with Crippen molar-refractivity contribution in [3.8, 4) is 0 Å². The Morgan fingerprint density at radius 3 is 2.16 bits per heavy atom. The first kappa shape index (κ1) is 16.3. The molecule has 1 heterocycles. The largest absolute Gasteiger partial charge is 0.465 e. The summed E-state index contributed by atoms with van der Waals surface area (Å²) < 4.78 is 44.9. The number of hydrogen-bond donors (Lipinski definition) is 1. The highest BCUT2D eigenvalue weighted by Crippen LogP contribution is 2.47. The number of likely N-dealkylation sites (tertiary alicyclic amines) is 1. The number of carbonyl (C=O) groups is 1. The van der Waals surface area contributed by atoms with E-state index in [4.69, 9.17) is 9.53 Å². The summed E-state index contributed by atoms with van der Waals surface area (Å²) >= 11 is 0. The fourth-order valence-electron chi connectivity index (χ4n) is 2.78. The number of halogens is 3. The van der Waals surface area contributed by atoms with E-state index in [9.17, 15) is 18.0 Å². The molecule has 1 saturated heterocycles. The molecule has 0 aromatic carbocycles. The van der Waals surface area contributed by atoms with E-state index in [2.05, 4.69) is 0 Å². The fraction of sp³-hybridized carbons (Fsp3) is 0.909. The van der Waals surface area contributed by atoms with Crippen molar-refractivity contribution in [3.05, 3.63) is 0 Å². The third kappa shape index (κ3) is 3.85. The molecule has 0 saturated carbocycles. The van der Waals surface area contributed by atoms with E-state index in [1.165, 1.54) is 12.0 Å². The SMILES string of the molecule is CO[Si](C)(C)C(C1CCN(C(=O)O)CC1)C(F)(F)F. The van der Waals surface area contributed by atoms with Gasteiger partial charge in [-0.15, -0.1) is 0 Å². The van der Waals surface area contributed by atoms with E-state index in [1.54, 1.807) is 13.1 Å². The molecule has 1 atom stereocenters. The topological polar surface area (TPSA) is 49.8 Å². The van der Waals surface area contributed by atoms with Crippen molar-refractivity contribution in [1.29, 1.82) is 0 Å². The van der Waals surface area contributed by atoms with Crippen LogP contribution in [0.2, 0.25) is 18.6 Å². The number of carboxylic acid groups (broad SMARTS) is 1. The first-order valence-electron chi connectivity index (χ1n) is 6.19. The minimum Gasteiger partial charge on any atom is -0.465 e. The van der Waals surface area contributed by atoms with Crippen LogP contribution in [0.5, 0.6) is 0 Å². The lowest BCUT2D eigenvalue weighted by Crippen LogP contribution is -2.50.